The van der Waals surface area contributed by atoms with Gasteiger partial charge in [0, 0.05) is 6.54 Å². The van der Waals surface area contributed by atoms with Crippen molar-refractivity contribution in [1.29, 1.82) is 0 Å². The van der Waals surface area contributed by atoms with Crippen LogP contribution in [0.2, 0.25) is 0 Å². The van der Waals surface area contributed by atoms with Gasteiger partial charge < -0.3 is 10.2 Å². The fourth-order valence-corrected chi connectivity index (χ4v) is 3.47. The first kappa shape index (κ1) is 20.7. The first-order valence-corrected chi connectivity index (χ1v) is 9.61. The first-order valence-electron chi connectivity index (χ1n) is 9.61. The van der Waals surface area contributed by atoms with Crippen molar-refractivity contribution in [2.45, 2.75) is 26.8 Å². The second-order valence-corrected chi connectivity index (χ2v) is 7.53. The molecule has 0 aliphatic carbocycles. The van der Waals surface area contributed by atoms with Crippen LogP contribution in [-0.4, -0.2) is 41.2 Å². The van der Waals surface area contributed by atoms with Gasteiger partial charge in [0.15, 0.2) is 0 Å². The van der Waals surface area contributed by atoms with Crippen molar-refractivity contribution in [3.63, 3.8) is 0 Å². The fraction of sp³-hybridized carbons (Fsp3) is 0.304. The zero-order valence-electron chi connectivity index (χ0n) is 17.5. The van der Waals surface area contributed by atoms with Gasteiger partial charge in [0.1, 0.15) is 5.82 Å². The van der Waals surface area contributed by atoms with Crippen molar-refractivity contribution >= 4 is 5.91 Å². The van der Waals surface area contributed by atoms with Gasteiger partial charge in [-0.15, -0.1) is 0 Å². The molecule has 1 N–H and O–H groups in total. The standard InChI is InChI=1S/C23H27FN4O/c1-15-6-8-18(9-7-15)21(27(4)5)14-25-23(29)22-16(2)26-28(17(22)3)20-12-10-19(24)11-13-20/h6-13,21H,14H2,1-5H3,(H,25,29). The molecule has 0 fully saturated rings. The van der Waals surface area contributed by atoms with Crippen LogP contribution in [0.5, 0.6) is 0 Å². The summed E-state index contributed by atoms with van der Waals surface area (Å²) in [6.07, 6.45) is 0. The Kier molecular flexibility index (Phi) is 6.13. The molecule has 0 bridgehead atoms. The molecule has 29 heavy (non-hydrogen) atoms. The molecule has 0 spiro atoms. The molecule has 1 aromatic heterocycles. The number of aryl methyl sites for hydroxylation is 2. The molecule has 3 aromatic rings. The zero-order chi connectivity index (χ0) is 21.1. The van der Waals surface area contributed by atoms with E-state index in [2.05, 4.69) is 46.5 Å². The summed E-state index contributed by atoms with van der Waals surface area (Å²) in [4.78, 5) is 15.0. The van der Waals surface area contributed by atoms with Gasteiger partial charge in [-0.3, -0.25) is 4.79 Å². The van der Waals surface area contributed by atoms with E-state index < -0.39 is 0 Å². The molecule has 0 aliphatic rings. The molecule has 1 atom stereocenters. The molecular weight excluding hydrogens is 367 g/mol. The number of nitrogens with zero attached hydrogens (tertiary/aromatic N) is 3. The lowest BCUT2D eigenvalue weighted by Crippen LogP contribution is -2.35. The van der Waals surface area contributed by atoms with Crippen LogP contribution >= 0.6 is 0 Å². The summed E-state index contributed by atoms with van der Waals surface area (Å²) >= 11 is 0. The van der Waals surface area contributed by atoms with Crippen LogP contribution in [0.4, 0.5) is 4.39 Å². The van der Waals surface area contributed by atoms with E-state index in [4.69, 9.17) is 0 Å². The first-order chi connectivity index (χ1) is 13.8. The predicted octanol–water partition coefficient (Wildman–Crippen LogP) is 3.97. The summed E-state index contributed by atoms with van der Waals surface area (Å²) in [5.41, 5.74) is 4.99. The summed E-state index contributed by atoms with van der Waals surface area (Å²) < 4.78 is 14.9. The summed E-state index contributed by atoms with van der Waals surface area (Å²) in [6.45, 7) is 6.20. The number of carbonyl (C=O) groups excluding carboxylic acids is 1. The molecule has 1 unspecified atom stereocenters. The molecule has 2 aromatic carbocycles. The van der Waals surface area contributed by atoms with E-state index in [1.165, 1.54) is 17.7 Å². The van der Waals surface area contributed by atoms with Gasteiger partial charge in [-0.05, 0) is 64.7 Å². The molecule has 0 aliphatic heterocycles. The van der Waals surface area contributed by atoms with Crippen LogP contribution in [0, 0.1) is 26.6 Å². The topological polar surface area (TPSA) is 50.2 Å². The van der Waals surface area contributed by atoms with Gasteiger partial charge in [0.25, 0.3) is 5.91 Å². The van der Waals surface area contributed by atoms with Gasteiger partial charge in [-0.2, -0.15) is 5.10 Å². The lowest BCUT2D eigenvalue weighted by Gasteiger charge is -2.25. The third-order valence-corrected chi connectivity index (χ3v) is 5.13. The molecule has 1 amide bonds. The maximum atomic E-state index is 13.2. The highest BCUT2D eigenvalue weighted by atomic mass is 19.1. The monoisotopic (exact) mass is 394 g/mol. The van der Waals surface area contributed by atoms with Gasteiger partial charge in [0.2, 0.25) is 0 Å². The van der Waals surface area contributed by atoms with Gasteiger partial charge in [0.05, 0.1) is 28.7 Å². The minimum Gasteiger partial charge on any atom is -0.350 e. The summed E-state index contributed by atoms with van der Waals surface area (Å²) in [7, 11) is 4.00. The Labute approximate surface area is 171 Å². The van der Waals surface area contributed by atoms with Crippen LogP contribution < -0.4 is 5.32 Å². The normalized spacial score (nSPS) is 12.2. The number of benzene rings is 2. The Bertz CT molecular complexity index is 991. The number of hydrogen-bond donors (Lipinski definition) is 1. The number of rotatable bonds is 6. The Morgan fingerprint density at radius 2 is 1.69 bits per heavy atom. The molecule has 0 saturated heterocycles. The average molecular weight is 394 g/mol. The summed E-state index contributed by atoms with van der Waals surface area (Å²) in [5.74, 6) is -0.466. The quantitative estimate of drug-likeness (QED) is 0.688. The number of carbonyl (C=O) groups is 1. The molecule has 0 radical (unpaired) electrons. The maximum absolute atomic E-state index is 13.2. The van der Waals surface area contributed by atoms with Gasteiger partial charge >= 0.3 is 0 Å². The van der Waals surface area contributed by atoms with E-state index in [-0.39, 0.29) is 17.8 Å². The molecule has 152 valence electrons. The zero-order valence-corrected chi connectivity index (χ0v) is 17.5. The van der Waals surface area contributed by atoms with Crippen LogP contribution in [0.25, 0.3) is 5.69 Å². The number of nitrogens with one attached hydrogen (secondary N) is 1. The van der Waals surface area contributed by atoms with Crippen molar-refractivity contribution in [3.8, 4) is 5.69 Å². The molecule has 1 heterocycles. The predicted molar refractivity (Wildman–Crippen MR) is 113 cm³/mol. The third-order valence-electron chi connectivity index (χ3n) is 5.13. The summed E-state index contributed by atoms with van der Waals surface area (Å²) in [5, 5.41) is 7.54. The largest absolute Gasteiger partial charge is 0.350 e. The highest BCUT2D eigenvalue weighted by Gasteiger charge is 2.21. The minimum atomic E-state index is -0.306. The van der Waals surface area contributed by atoms with Crippen LogP contribution in [0.3, 0.4) is 0 Å². The van der Waals surface area contributed by atoms with Crippen molar-refractivity contribution in [2.75, 3.05) is 20.6 Å². The lowest BCUT2D eigenvalue weighted by atomic mass is 10.0. The maximum Gasteiger partial charge on any atom is 0.255 e. The van der Waals surface area contributed by atoms with E-state index in [1.54, 1.807) is 16.8 Å². The second kappa shape index (κ2) is 8.57. The Morgan fingerprint density at radius 1 is 1.07 bits per heavy atom. The Balaban J connectivity index is 1.79. The summed E-state index contributed by atoms with van der Waals surface area (Å²) in [6, 6.07) is 14.5. The average Bonchev–Trinajstić information content (AvgIpc) is 2.98. The van der Waals surface area contributed by atoms with E-state index in [0.29, 0.717) is 17.8 Å². The van der Waals surface area contributed by atoms with E-state index >= 15 is 0 Å². The molecule has 5 nitrogen and oxygen atoms in total. The van der Waals surface area contributed by atoms with Crippen LogP contribution in [0.1, 0.15) is 38.9 Å². The van der Waals surface area contributed by atoms with E-state index in [0.717, 1.165) is 16.9 Å². The number of amides is 1. The highest BCUT2D eigenvalue weighted by molar-refractivity contribution is 5.96. The van der Waals surface area contributed by atoms with Crippen molar-refractivity contribution in [3.05, 3.63) is 82.4 Å². The number of hydrogen-bond acceptors (Lipinski definition) is 3. The smallest absolute Gasteiger partial charge is 0.255 e. The van der Waals surface area contributed by atoms with Crippen molar-refractivity contribution in [1.82, 2.24) is 20.0 Å². The number of aromatic nitrogens is 2. The molecular formula is C23H27FN4O. The van der Waals surface area contributed by atoms with Crippen molar-refractivity contribution < 1.29 is 9.18 Å². The third kappa shape index (κ3) is 4.54. The van der Waals surface area contributed by atoms with E-state index in [9.17, 15) is 9.18 Å². The highest BCUT2D eigenvalue weighted by Crippen LogP contribution is 2.20. The molecule has 6 heteroatoms. The van der Waals surface area contributed by atoms with E-state index in [1.807, 2.05) is 27.9 Å². The Morgan fingerprint density at radius 3 is 2.28 bits per heavy atom. The van der Waals surface area contributed by atoms with Crippen LogP contribution in [0.15, 0.2) is 48.5 Å². The lowest BCUT2D eigenvalue weighted by molar-refractivity contribution is 0.0940. The van der Waals surface area contributed by atoms with Gasteiger partial charge in [-0.25, -0.2) is 9.07 Å². The van der Waals surface area contributed by atoms with Crippen molar-refractivity contribution in [2.24, 2.45) is 0 Å². The minimum absolute atomic E-state index is 0.0623. The van der Waals surface area contributed by atoms with Gasteiger partial charge in [-0.1, -0.05) is 29.8 Å². The SMILES string of the molecule is Cc1ccc(C(CNC(=O)c2c(C)nn(-c3ccc(F)cc3)c2C)N(C)C)cc1. The molecule has 3 rings (SSSR count). The second-order valence-electron chi connectivity index (χ2n) is 7.53. The molecule has 0 saturated carbocycles. The number of halogens is 1. The van der Waals surface area contributed by atoms with Crippen LogP contribution in [-0.2, 0) is 0 Å². The number of likely N-dealkylation sites (N-methyl/N-ethyl adjacent to an activating group) is 1. The Hall–Kier alpha value is -2.99. The fourth-order valence-electron chi connectivity index (χ4n) is 3.47.